The molecule has 0 spiro atoms. The maximum atomic E-state index is 12.4. The van der Waals surface area contributed by atoms with E-state index in [2.05, 4.69) is 10.3 Å². The van der Waals surface area contributed by atoms with E-state index >= 15 is 0 Å². The zero-order chi connectivity index (χ0) is 18.7. The standard InChI is InChI=1S/C21H22N2O3/c1-4-17-13(3)18-11-8-15(12-19(18)23-21(17)25)22-20(24)14-6-9-16(10-7-14)26-5-2/h6-12,18H,4-5H2,1-3H3,(H,23,25). The molecule has 3 rings (SSSR count). The molecule has 1 aromatic carbocycles. The highest BCUT2D eigenvalue weighted by Crippen LogP contribution is 2.31. The molecule has 1 aliphatic heterocycles. The number of allylic oxidation sites excluding steroid dienone is 3. The van der Waals surface area contributed by atoms with E-state index in [-0.39, 0.29) is 17.7 Å². The molecule has 1 heterocycles. The van der Waals surface area contributed by atoms with Crippen molar-refractivity contribution in [2.75, 3.05) is 6.61 Å². The highest BCUT2D eigenvalue weighted by molar-refractivity contribution is 6.14. The molecule has 0 fully saturated rings. The van der Waals surface area contributed by atoms with Crippen LogP contribution >= 0.6 is 0 Å². The van der Waals surface area contributed by atoms with Gasteiger partial charge < -0.3 is 10.1 Å². The first-order valence-electron chi connectivity index (χ1n) is 8.80. The predicted octanol–water partition coefficient (Wildman–Crippen LogP) is 3.59. The molecule has 2 aliphatic rings. The van der Waals surface area contributed by atoms with Crippen molar-refractivity contribution in [3.8, 4) is 5.75 Å². The van der Waals surface area contributed by atoms with E-state index in [1.807, 2.05) is 32.9 Å². The van der Waals surface area contributed by atoms with Crippen LogP contribution in [0, 0.1) is 5.92 Å². The Hall–Kier alpha value is -2.95. The SMILES string of the molecule is CCOc1ccc(C(=O)N=C2C=CC3C(=C2)NC(=O)C(CC)=C3C)cc1. The zero-order valence-corrected chi connectivity index (χ0v) is 15.2. The van der Waals surface area contributed by atoms with Crippen LogP contribution in [0.4, 0.5) is 0 Å². The molecule has 0 aromatic heterocycles. The van der Waals surface area contributed by atoms with Gasteiger partial charge in [-0.15, -0.1) is 0 Å². The zero-order valence-electron chi connectivity index (χ0n) is 15.2. The van der Waals surface area contributed by atoms with Gasteiger partial charge in [-0.1, -0.05) is 18.6 Å². The van der Waals surface area contributed by atoms with Crippen LogP contribution in [-0.4, -0.2) is 24.1 Å². The molecule has 0 saturated heterocycles. The van der Waals surface area contributed by atoms with Crippen molar-refractivity contribution >= 4 is 17.5 Å². The lowest BCUT2D eigenvalue weighted by atomic mass is 9.84. The minimum atomic E-state index is -0.327. The molecule has 1 N–H and O–H groups in total. The van der Waals surface area contributed by atoms with Crippen LogP contribution < -0.4 is 10.1 Å². The number of aliphatic imine (C=N–C) groups is 1. The summed E-state index contributed by atoms with van der Waals surface area (Å²) in [5.41, 5.74) is 3.67. The van der Waals surface area contributed by atoms with Gasteiger partial charge in [-0.25, -0.2) is 4.99 Å². The highest BCUT2D eigenvalue weighted by Gasteiger charge is 2.28. The van der Waals surface area contributed by atoms with E-state index < -0.39 is 0 Å². The normalized spacial score (nSPS) is 20.6. The lowest BCUT2D eigenvalue weighted by molar-refractivity contribution is -0.117. The van der Waals surface area contributed by atoms with Crippen molar-refractivity contribution in [1.29, 1.82) is 0 Å². The minimum Gasteiger partial charge on any atom is -0.494 e. The van der Waals surface area contributed by atoms with E-state index in [0.717, 1.165) is 22.6 Å². The van der Waals surface area contributed by atoms with Gasteiger partial charge >= 0.3 is 0 Å². The van der Waals surface area contributed by atoms with Gasteiger partial charge in [0.05, 0.1) is 12.3 Å². The molecule has 1 aromatic rings. The lowest BCUT2D eigenvalue weighted by Gasteiger charge is -2.29. The molecule has 26 heavy (non-hydrogen) atoms. The number of nitrogens with one attached hydrogen (secondary N) is 1. The van der Waals surface area contributed by atoms with Gasteiger partial charge in [-0.3, -0.25) is 9.59 Å². The second kappa shape index (κ2) is 7.52. The Labute approximate surface area is 153 Å². The number of fused-ring (bicyclic) bond motifs is 1. The summed E-state index contributed by atoms with van der Waals surface area (Å²) in [6, 6.07) is 6.90. The van der Waals surface area contributed by atoms with E-state index in [1.54, 1.807) is 30.3 Å². The Balaban J connectivity index is 1.81. The third kappa shape index (κ3) is 3.52. The smallest absolute Gasteiger partial charge is 0.277 e. The first kappa shape index (κ1) is 17.9. The molecular weight excluding hydrogens is 328 g/mol. The molecule has 5 heteroatoms. The van der Waals surface area contributed by atoms with Crippen molar-refractivity contribution in [1.82, 2.24) is 5.32 Å². The molecule has 1 atom stereocenters. The van der Waals surface area contributed by atoms with Crippen molar-refractivity contribution in [2.45, 2.75) is 27.2 Å². The average Bonchev–Trinajstić information content (AvgIpc) is 2.62. The molecular formula is C21H22N2O3. The fraction of sp³-hybridized carbons (Fsp3) is 0.286. The number of rotatable bonds is 4. The largest absolute Gasteiger partial charge is 0.494 e. The topological polar surface area (TPSA) is 67.8 Å². The van der Waals surface area contributed by atoms with Crippen LogP contribution in [-0.2, 0) is 4.79 Å². The summed E-state index contributed by atoms with van der Waals surface area (Å²) in [7, 11) is 0. The molecule has 0 bridgehead atoms. The Morgan fingerprint density at radius 1 is 1.23 bits per heavy atom. The summed E-state index contributed by atoms with van der Waals surface area (Å²) in [4.78, 5) is 28.7. The van der Waals surface area contributed by atoms with Gasteiger partial charge in [-0.05, 0) is 56.7 Å². The molecule has 0 radical (unpaired) electrons. The summed E-state index contributed by atoms with van der Waals surface area (Å²) in [5, 5.41) is 2.92. The van der Waals surface area contributed by atoms with Crippen LogP contribution in [0.5, 0.6) is 5.75 Å². The number of nitrogens with zero attached hydrogens (tertiary/aromatic N) is 1. The van der Waals surface area contributed by atoms with Crippen LogP contribution in [0.15, 0.2) is 64.3 Å². The van der Waals surface area contributed by atoms with Crippen molar-refractivity contribution < 1.29 is 14.3 Å². The van der Waals surface area contributed by atoms with Crippen LogP contribution in [0.25, 0.3) is 0 Å². The number of benzene rings is 1. The number of carbonyl (C=O) groups excluding carboxylic acids is 2. The highest BCUT2D eigenvalue weighted by atomic mass is 16.5. The number of hydrogen-bond donors (Lipinski definition) is 1. The van der Waals surface area contributed by atoms with Gasteiger partial charge in [0.1, 0.15) is 5.75 Å². The average molecular weight is 350 g/mol. The van der Waals surface area contributed by atoms with E-state index in [1.165, 1.54) is 0 Å². The van der Waals surface area contributed by atoms with Gasteiger partial charge in [0.25, 0.3) is 11.8 Å². The second-order valence-corrected chi connectivity index (χ2v) is 6.20. The summed E-state index contributed by atoms with van der Waals surface area (Å²) in [6.45, 7) is 6.44. The third-order valence-corrected chi connectivity index (χ3v) is 4.57. The second-order valence-electron chi connectivity index (χ2n) is 6.20. The van der Waals surface area contributed by atoms with Crippen LogP contribution in [0.2, 0.25) is 0 Å². The van der Waals surface area contributed by atoms with Crippen LogP contribution in [0.3, 0.4) is 0 Å². The first-order chi connectivity index (χ1) is 12.5. The molecule has 134 valence electrons. The maximum absolute atomic E-state index is 12.4. The molecule has 1 unspecified atom stereocenters. The summed E-state index contributed by atoms with van der Waals surface area (Å²) in [5.74, 6) is 0.368. The maximum Gasteiger partial charge on any atom is 0.277 e. The number of amides is 2. The predicted molar refractivity (Wildman–Crippen MR) is 101 cm³/mol. The van der Waals surface area contributed by atoms with Crippen molar-refractivity contribution in [3.63, 3.8) is 0 Å². The summed E-state index contributed by atoms with van der Waals surface area (Å²) in [6.07, 6.45) is 6.27. The lowest BCUT2D eigenvalue weighted by Crippen LogP contribution is -2.36. The Kier molecular flexibility index (Phi) is 5.16. The number of carbonyl (C=O) groups is 2. The quantitative estimate of drug-likeness (QED) is 0.902. The van der Waals surface area contributed by atoms with Gasteiger partial charge in [0.15, 0.2) is 0 Å². The Morgan fingerprint density at radius 2 is 1.96 bits per heavy atom. The van der Waals surface area contributed by atoms with E-state index in [9.17, 15) is 9.59 Å². The molecule has 0 saturated carbocycles. The Bertz CT molecular complexity index is 858. The molecule has 1 aliphatic carbocycles. The fourth-order valence-electron chi connectivity index (χ4n) is 3.21. The Morgan fingerprint density at radius 3 is 2.62 bits per heavy atom. The van der Waals surface area contributed by atoms with Crippen molar-refractivity contribution in [2.24, 2.45) is 10.9 Å². The summed E-state index contributed by atoms with van der Waals surface area (Å²) >= 11 is 0. The van der Waals surface area contributed by atoms with E-state index in [4.69, 9.17) is 4.74 Å². The fourth-order valence-corrected chi connectivity index (χ4v) is 3.21. The minimum absolute atomic E-state index is 0.0437. The third-order valence-electron chi connectivity index (χ3n) is 4.57. The first-order valence-corrected chi connectivity index (χ1v) is 8.80. The molecule has 5 nitrogen and oxygen atoms in total. The number of ether oxygens (including phenoxy) is 1. The van der Waals surface area contributed by atoms with Gasteiger partial charge in [0, 0.05) is 22.8 Å². The van der Waals surface area contributed by atoms with Gasteiger partial charge in [0.2, 0.25) is 0 Å². The monoisotopic (exact) mass is 350 g/mol. The summed E-state index contributed by atoms with van der Waals surface area (Å²) < 4.78 is 5.38. The van der Waals surface area contributed by atoms with Crippen molar-refractivity contribution in [3.05, 3.63) is 64.9 Å². The van der Waals surface area contributed by atoms with Gasteiger partial charge in [-0.2, -0.15) is 0 Å². The van der Waals surface area contributed by atoms with E-state index in [0.29, 0.717) is 24.3 Å². The molecule has 2 amide bonds. The van der Waals surface area contributed by atoms with Crippen LogP contribution in [0.1, 0.15) is 37.6 Å². The number of hydrogen-bond acceptors (Lipinski definition) is 3.